The van der Waals surface area contributed by atoms with Crippen LogP contribution in [0.4, 0.5) is 4.79 Å². The average Bonchev–Trinajstić information content (AvgIpc) is 3.15. The molecule has 3 amide bonds. The van der Waals surface area contributed by atoms with Gasteiger partial charge in [0.15, 0.2) is 0 Å². The van der Waals surface area contributed by atoms with Gasteiger partial charge in [-0.2, -0.15) is 0 Å². The van der Waals surface area contributed by atoms with Crippen LogP contribution in [0.25, 0.3) is 0 Å². The van der Waals surface area contributed by atoms with E-state index in [0.717, 1.165) is 28.2 Å². The Labute approximate surface area is 132 Å². The van der Waals surface area contributed by atoms with Crippen molar-refractivity contribution in [2.24, 2.45) is 0 Å². The van der Waals surface area contributed by atoms with E-state index in [1.807, 2.05) is 36.6 Å². The summed E-state index contributed by atoms with van der Waals surface area (Å²) in [4.78, 5) is 30.9. The van der Waals surface area contributed by atoms with E-state index in [4.69, 9.17) is 0 Å². The van der Waals surface area contributed by atoms with Crippen LogP contribution in [0.1, 0.15) is 28.2 Å². The fraction of sp³-hybridized carbons (Fsp3) is 0.312. The number of hydrogen-bond donors (Lipinski definition) is 1. The minimum absolute atomic E-state index is 0.159. The van der Waals surface area contributed by atoms with Crippen molar-refractivity contribution in [3.05, 3.63) is 51.5 Å². The van der Waals surface area contributed by atoms with Gasteiger partial charge in [-0.15, -0.1) is 11.3 Å². The highest BCUT2D eigenvalue weighted by Gasteiger charge is 2.55. The lowest BCUT2D eigenvalue weighted by atomic mass is 9.92. The molecule has 1 aliphatic heterocycles. The van der Waals surface area contributed by atoms with Crippen LogP contribution >= 0.6 is 11.3 Å². The Kier molecular flexibility index (Phi) is 2.84. The monoisotopic (exact) mass is 313 g/mol. The summed E-state index contributed by atoms with van der Waals surface area (Å²) in [6, 6.07) is 7.52. The predicted octanol–water partition coefficient (Wildman–Crippen LogP) is 2.35. The van der Waals surface area contributed by atoms with Crippen LogP contribution in [0.5, 0.6) is 0 Å². The van der Waals surface area contributed by atoms with Gasteiger partial charge in [0.1, 0.15) is 5.54 Å². The second-order valence-corrected chi connectivity index (χ2v) is 6.80. The molecule has 0 saturated carbocycles. The van der Waals surface area contributed by atoms with E-state index in [-0.39, 0.29) is 18.5 Å². The Morgan fingerprint density at radius 3 is 2.95 bits per heavy atom. The van der Waals surface area contributed by atoms with E-state index in [9.17, 15) is 9.59 Å². The number of carbonyl (C=O) groups is 2. The van der Waals surface area contributed by atoms with Gasteiger partial charge in [0.05, 0.1) is 17.2 Å². The molecule has 1 aromatic heterocycles. The van der Waals surface area contributed by atoms with Gasteiger partial charge in [-0.1, -0.05) is 24.3 Å². The summed E-state index contributed by atoms with van der Waals surface area (Å²) in [7, 11) is 0. The third kappa shape index (κ3) is 1.80. The topological polar surface area (TPSA) is 62.3 Å². The maximum Gasteiger partial charge on any atom is 0.325 e. The molecule has 1 unspecified atom stereocenters. The number of aromatic nitrogens is 1. The van der Waals surface area contributed by atoms with Crippen LogP contribution < -0.4 is 5.32 Å². The van der Waals surface area contributed by atoms with Gasteiger partial charge in [-0.05, 0) is 30.9 Å². The van der Waals surface area contributed by atoms with Crippen LogP contribution in [-0.2, 0) is 23.3 Å². The van der Waals surface area contributed by atoms with E-state index < -0.39 is 5.54 Å². The predicted molar refractivity (Wildman–Crippen MR) is 82.4 cm³/mol. The third-order valence-electron chi connectivity index (χ3n) is 4.41. The van der Waals surface area contributed by atoms with Gasteiger partial charge in [0.2, 0.25) is 0 Å². The van der Waals surface area contributed by atoms with Crippen molar-refractivity contribution in [3.63, 3.8) is 0 Å². The number of nitrogens with zero attached hydrogens (tertiary/aromatic N) is 2. The van der Waals surface area contributed by atoms with Gasteiger partial charge in [0.25, 0.3) is 5.91 Å². The highest BCUT2D eigenvalue weighted by Crippen LogP contribution is 2.41. The fourth-order valence-electron chi connectivity index (χ4n) is 3.38. The molecule has 0 bridgehead atoms. The Bertz CT molecular complexity index is 785. The van der Waals surface area contributed by atoms with Crippen LogP contribution in [0.3, 0.4) is 0 Å². The quantitative estimate of drug-likeness (QED) is 0.866. The molecule has 1 fully saturated rings. The summed E-state index contributed by atoms with van der Waals surface area (Å²) in [6.07, 6.45) is 1.44. The van der Waals surface area contributed by atoms with Gasteiger partial charge in [0, 0.05) is 5.38 Å². The standard InChI is InChI=1S/C16H15N3O2S/c1-10-17-12(9-22-10)8-19-14(20)16(18-15(19)21)7-6-11-4-2-3-5-13(11)16/h2-5,9H,6-8H2,1H3,(H,18,21). The molecule has 22 heavy (non-hydrogen) atoms. The molecule has 1 spiro atoms. The molecule has 2 aliphatic rings. The number of urea groups is 1. The Hall–Kier alpha value is -2.21. The van der Waals surface area contributed by atoms with E-state index in [0.29, 0.717) is 6.42 Å². The fourth-order valence-corrected chi connectivity index (χ4v) is 3.98. The summed E-state index contributed by atoms with van der Waals surface area (Å²) in [6.45, 7) is 2.15. The Balaban J connectivity index is 1.68. The van der Waals surface area contributed by atoms with Crippen molar-refractivity contribution >= 4 is 23.3 Å². The van der Waals surface area contributed by atoms with Gasteiger partial charge < -0.3 is 5.32 Å². The summed E-state index contributed by atoms with van der Waals surface area (Å²) in [5.41, 5.74) is 1.96. The first kappa shape index (κ1) is 13.5. The minimum atomic E-state index is -0.876. The van der Waals surface area contributed by atoms with Crippen LogP contribution in [0.2, 0.25) is 0 Å². The molecule has 1 N–H and O–H groups in total. The Morgan fingerprint density at radius 2 is 2.18 bits per heavy atom. The van der Waals surface area contributed by atoms with E-state index in [2.05, 4.69) is 10.3 Å². The number of rotatable bonds is 2. The lowest BCUT2D eigenvalue weighted by molar-refractivity contribution is -0.132. The normalized spacial score (nSPS) is 23.2. The Morgan fingerprint density at radius 1 is 1.36 bits per heavy atom. The summed E-state index contributed by atoms with van der Waals surface area (Å²) in [5.74, 6) is -0.159. The van der Waals surface area contributed by atoms with Crippen molar-refractivity contribution in [1.29, 1.82) is 0 Å². The molecule has 1 saturated heterocycles. The minimum Gasteiger partial charge on any atom is -0.319 e. The van der Waals surface area contributed by atoms with E-state index >= 15 is 0 Å². The SMILES string of the molecule is Cc1nc(CN2C(=O)NC3(CCc4ccccc43)C2=O)cs1. The summed E-state index contributed by atoms with van der Waals surface area (Å²) in [5, 5.41) is 5.75. The van der Waals surface area contributed by atoms with Crippen molar-refractivity contribution in [2.45, 2.75) is 31.8 Å². The van der Waals surface area contributed by atoms with Crippen molar-refractivity contribution in [3.8, 4) is 0 Å². The number of amides is 3. The molecular formula is C16H15N3O2S. The van der Waals surface area contributed by atoms with Crippen LogP contribution in [0, 0.1) is 6.92 Å². The molecule has 112 valence electrons. The molecule has 1 aliphatic carbocycles. The third-order valence-corrected chi connectivity index (χ3v) is 5.23. The zero-order valence-electron chi connectivity index (χ0n) is 12.1. The van der Waals surface area contributed by atoms with Crippen molar-refractivity contribution < 1.29 is 9.59 Å². The maximum absolute atomic E-state index is 12.9. The molecule has 1 atom stereocenters. The summed E-state index contributed by atoms with van der Waals surface area (Å²) >= 11 is 1.52. The molecule has 6 heteroatoms. The maximum atomic E-state index is 12.9. The molecule has 2 heterocycles. The van der Waals surface area contributed by atoms with Gasteiger partial charge in [-0.25, -0.2) is 9.78 Å². The number of hydrogen-bond acceptors (Lipinski definition) is 4. The van der Waals surface area contributed by atoms with Crippen LogP contribution in [0.15, 0.2) is 29.6 Å². The first-order valence-electron chi connectivity index (χ1n) is 7.24. The summed E-state index contributed by atoms with van der Waals surface area (Å²) < 4.78 is 0. The number of thiazole rings is 1. The van der Waals surface area contributed by atoms with Crippen molar-refractivity contribution in [1.82, 2.24) is 15.2 Å². The zero-order valence-corrected chi connectivity index (χ0v) is 12.9. The number of carbonyl (C=O) groups excluding carboxylic acids is 2. The van der Waals surface area contributed by atoms with E-state index in [1.54, 1.807) is 0 Å². The average molecular weight is 313 g/mol. The highest BCUT2D eigenvalue weighted by atomic mass is 32.1. The van der Waals surface area contributed by atoms with Gasteiger partial charge in [-0.3, -0.25) is 9.69 Å². The lowest BCUT2D eigenvalue weighted by Gasteiger charge is -2.22. The zero-order chi connectivity index (χ0) is 15.3. The second kappa shape index (κ2) is 4.64. The second-order valence-electron chi connectivity index (χ2n) is 5.74. The first-order chi connectivity index (χ1) is 10.6. The molecule has 2 aromatic rings. The highest BCUT2D eigenvalue weighted by molar-refractivity contribution is 7.09. The largest absolute Gasteiger partial charge is 0.325 e. The van der Waals surface area contributed by atoms with Crippen molar-refractivity contribution in [2.75, 3.05) is 0 Å². The number of imide groups is 1. The lowest BCUT2D eigenvalue weighted by Crippen LogP contribution is -2.41. The number of fused-ring (bicyclic) bond motifs is 2. The molecule has 0 radical (unpaired) electrons. The first-order valence-corrected chi connectivity index (χ1v) is 8.12. The molecule has 5 nitrogen and oxygen atoms in total. The molecule has 4 rings (SSSR count). The van der Waals surface area contributed by atoms with E-state index in [1.165, 1.54) is 16.2 Å². The molecule has 1 aromatic carbocycles. The molecular weight excluding hydrogens is 298 g/mol. The number of nitrogens with one attached hydrogen (secondary N) is 1. The van der Waals surface area contributed by atoms with Gasteiger partial charge >= 0.3 is 6.03 Å². The van der Waals surface area contributed by atoms with Crippen LogP contribution in [-0.4, -0.2) is 21.8 Å². The smallest absolute Gasteiger partial charge is 0.319 e. The number of benzene rings is 1. The number of aryl methyl sites for hydroxylation is 2.